The topological polar surface area (TPSA) is 272 Å². The van der Waals surface area contributed by atoms with Gasteiger partial charge in [0.15, 0.2) is 18.4 Å². The van der Waals surface area contributed by atoms with Gasteiger partial charge < -0.3 is 74.6 Å². The molecule has 11 unspecified atom stereocenters. The van der Waals surface area contributed by atoms with E-state index in [4.69, 9.17) is 28.4 Å². The molecular weight excluding hydrogens is 915 g/mol. The van der Waals surface area contributed by atoms with Gasteiger partial charge in [0.05, 0.1) is 50.2 Å². The monoisotopic (exact) mass is 994 g/mol. The van der Waals surface area contributed by atoms with Crippen LogP contribution in [0.4, 0.5) is 0 Å². The number of unbranched alkanes of at least 4 members (excludes halogenated alkanes) is 6. The molecule has 0 spiro atoms. The summed E-state index contributed by atoms with van der Waals surface area (Å²) in [4.78, 5) is 53.8. The first-order chi connectivity index (χ1) is 30.3. The zero-order chi connectivity index (χ0) is 46.3. The number of carbonyl (C=O) groups is 4. The van der Waals surface area contributed by atoms with E-state index in [2.05, 4.69) is 10.6 Å². The van der Waals surface area contributed by atoms with E-state index in [0.29, 0.717) is 83.9 Å². The van der Waals surface area contributed by atoms with Crippen molar-refractivity contribution in [3.05, 3.63) is 0 Å². The summed E-state index contributed by atoms with van der Waals surface area (Å²) in [7, 11) is 3.28. The molecule has 3 aliphatic rings. The molecule has 0 aromatic rings. The third-order valence-electron chi connectivity index (χ3n) is 12.5. The minimum absolute atomic E-state index is 0. The van der Waals surface area contributed by atoms with Gasteiger partial charge in [0, 0.05) is 111 Å². The van der Waals surface area contributed by atoms with Gasteiger partial charge in [0.2, 0.25) is 17.7 Å². The number of amides is 3. The number of nitrogens with zero attached hydrogens (tertiary/aromatic N) is 1. The average Bonchev–Trinajstić information content (AvgIpc) is 3.69. The molecule has 19 nitrogen and oxygen atoms in total. The normalized spacial score (nSPS) is 29.8. The van der Waals surface area contributed by atoms with Crippen molar-refractivity contribution in [2.24, 2.45) is 11.8 Å². The molecule has 3 aliphatic heterocycles. The molecule has 3 saturated heterocycles. The Morgan fingerprint density at radius 1 is 0.688 bits per heavy atom. The van der Waals surface area contributed by atoms with Crippen molar-refractivity contribution in [3.8, 4) is 0 Å². The SMILES string of the molecule is COC[C@@H]1C[C@@H](OC)CN1C(=O)CCCCCCC(=O)C(CCCCNC(=O)CCCCOC1OC(CO)C(O)C(O)C1C)NC(=O)CCCCOC1OC(CO)C(O)C(O)C1C.[Y]. The smallest absolute Gasteiger partial charge is 0.222 e. The Kier molecular flexibility index (Phi) is 29.8. The number of ketones is 1. The van der Waals surface area contributed by atoms with Gasteiger partial charge in [0.1, 0.15) is 24.4 Å². The second kappa shape index (κ2) is 32.5. The number of likely N-dealkylation sites (tertiary alicyclic amines) is 1. The first kappa shape index (κ1) is 58.8. The van der Waals surface area contributed by atoms with Gasteiger partial charge in [-0.25, -0.2) is 0 Å². The fourth-order valence-corrected chi connectivity index (χ4v) is 8.31. The molecular formula is C44H79N3O16Y. The summed E-state index contributed by atoms with van der Waals surface area (Å²) >= 11 is 0. The second-order valence-corrected chi connectivity index (χ2v) is 17.4. The van der Waals surface area contributed by atoms with E-state index in [1.54, 1.807) is 28.1 Å². The van der Waals surface area contributed by atoms with Crippen LogP contribution in [0.3, 0.4) is 0 Å². The number of aliphatic hydroxyl groups excluding tert-OH is 6. The maximum absolute atomic E-state index is 13.4. The minimum Gasteiger partial charge on any atom is -0.394 e. The van der Waals surface area contributed by atoms with Gasteiger partial charge >= 0.3 is 0 Å². The van der Waals surface area contributed by atoms with Crippen LogP contribution in [0, 0.1) is 11.8 Å². The van der Waals surface area contributed by atoms with Crippen LogP contribution < -0.4 is 10.6 Å². The van der Waals surface area contributed by atoms with Gasteiger partial charge in [-0.2, -0.15) is 0 Å². The van der Waals surface area contributed by atoms with Crippen LogP contribution in [-0.2, 0) is 80.3 Å². The predicted molar refractivity (Wildman–Crippen MR) is 228 cm³/mol. The fourth-order valence-electron chi connectivity index (χ4n) is 8.31. The summed E-state index contributed by atoms with van der Waals surface area (Å²) < 4.78 is 33.4. The quantitative estimate of drug-likeness (QED) is 0.0438. The largest absolute Gasteiger partial charge is 0.394 e. The third-order valence-corrected chi connectivity index (χ3v) is 12.5. The molecule has 1 radical (unpaired) electrons. The predicted octanol–water partition coefficient (Wildman–Crippen LogP) is 0.451. The van der Waals surface area contributed by atoms with E-state index < -0.39 is 80.3 Å². The van der Waals surface area contributed by atoms with Crippen molar-refractivity contribution in [1.29, 1.82) is 0 Å². The number of rotatable bonds is 31. The van der Waals surface area contributed by atoms with E-state index in [1.165, 1.54) is 0 Å². The van der Waals surface area contributed by atoms with E-state index in [9.17, 15) is 49.8 Å². The molecule has 0 aliphatic carbocycles. The van der Waals surface area contributed by atoms with Crippen molar-refractivity contribution in [2.75, 3.05) is 60.3 Å². The number of hydrogen-bond donors (Lipinski definition) is 8. The molecule has 0 bridgehead atoms. The number of aliphatic hydroxyl groups is 6. The second-order valence-electron chi connectivity index (χ2n) is 17.4. The van der Waals surface area contributed by atoms with Crippen LogP contribution in [0.25, 0.3) is 0 Å². The van der Waals surface area contributed by atoms with Crippen LogP contribution >= 0.6 is 0 Å². The molecule has 0 aromatic carbocycles. The molecule has 64 heavy (non-hydrogen) atoms. The van der Waals surface area contributed by atoms with Crippen molar-refractivity contribution in [2.45, 2.75) is 184 Å². The Hall–Kier alpha value is -1.30. The summed E-state index contributed by atoms with van der Waals surface area (Å²) in [6.07, 6.45) is 0.419. The van der Waals surface area contributed by atoms with E-state index in [1.807, 2.05) is 4.90 Å². The molecule has 369 valence electrons. The van der Waals surface area contributed by atoms with Crippen molar-refractivity contribution in [3.63, 3.8) is 0 Å². The van der Waals surface area contributed by atoms with Crippen molar-refractivity contribution >= 4 is 23.5 Å². The maximum Gasteiger partial charge on any atom is 0.222 e. The number of Topliss-reactive ketones (excluding diaryl/α,β-unsaturated/α-hetero) is 1. The Morgan fingerprint density at radius 3 is 1.75 bits per heavy atom. The Balaban J connectivity index is 0.0000141. The van der Waals surface area contributed by atoms with Gasteiger partial charge in [-0.3, -0.25) is 19.2 Å². The molecule has 3 rings (SSSR count). The third kappa shape index (κ3) is 19.7. The Morgan fingerprint density at radius 2 is 1.22 bits per heavy atom. The number of hydrogen-bond acceptors (Lipinski definition) is 16. The average molecular weight is 995 g/mol. The van der Waals surface area contributed by atoms with Crippen molar-refractivity contribution < 1.29 is 111 Å². The number of carbonyl (C=O) groups excluding carboxylic acids is 4. The van der Waals surface area contributed by atoms with Crippen molar-refractivity contribution in [1.82, 2.24) is 15.5 Å². The zero-order valence-electron chi connectivity index (χ0n) is 38.6. The van der Waals surface area contributed by atoms with E-state index >= 15 is 0 Å². The molecule has 0 aromatic heterocycles. The molecule has 8 N–H and O–H groups in total. The molecule has 3 amide bonds. The summed E-state index contributed by atoms with van der Waals surface area (Å²) in [5.41, 5.74) is 0. The first-order valence-corrected chi connectivity index (χ1v) is 23.1. The fraction of sp³-hybridized carbons (Fsp3) is 0.909. The molecule has 20 heteroatoms. The number of methoxy groups -OCH3 is 2. The van der Waals surface area contributed by atoms with Gasteiger partial charge in [-0.15, -0.1) is 0 Å². The first-order valence-electron chi connectivity index (χ1n) is 23.1. The van der Waals surface area contributed by atoms with Crippen LogP contribution in [0.15, 0.2) is 0 Å². The molecule has 13 atom stereocenters. The zero-order valence-corrected chi connectivity index (χ0v) is 41.4. The van der Waals surface area contributed by atoms with Gasteiger partial charge in [-0.1, -0.05) is 26.7 Å². The summed E-state index contributed by atoms with van der Waals surface area (Å²) in [6, 6.07) is -0.672. The number of nitrogens with one attached hydrogen (secondary N) is 2. The van der Waals surface area contributed by atoms with E-state index in [0.717, 1.165) is 19.3 Å². The number of ether oxygens (including phenoxy) is 6. The standard InChI is InChI=1S/C44H79N3O16.Y/c1-28-39(54)41(56)34(25-48)62-43(28)60-21-13-10-17-36(51)45-20-12-9-15-32(46-37(52)18-11-14-22-61-44-29(2)40(55)42(57)35(26-49)63-44)33(50)16-7-5-6-8-19-38(53)47-24-31(59-4)23-30(47)27-58-3;/h28-32,34-35,39-44,48-49,54-57H,5-27H2,1-4H3,(H,45,51)(H,46,52);/t28?,29?,30-,31+,32?,34?,35?,39?,40?,41?,42?,43?,44?;/m0./s1. The van der Waals surface area contributed by atoms with E-state index in [-0.39, 0.29) is 101 Å². The summed E-state index contributed by atoms with van der Waals surface area (Å²) in [5.74, 6) is -1.37. The molecule has 3 heterocycles. The molecule has 3 fully saturated rings. The summed E-state index contributed by atoms with van der Waals surface area (Å²) in [5, 5.41) is 65.2. The van der Waals surface area contributed by atoms with Crippen LogP contribution in [-0.4, -0.2) is 187 Å². The Bertz CT molecular complexity index is 1340. The minimum atomic E-state index is -1.22. The van der Waals surface area contributed by atoms with Gasteiger partial charge in [-0.05, 0) is 64.2 Å². The van der Waals surface area contributed by atoms with Gasteiger partial charge in [0.25, 0.3) is 0 Å². The summed E-state index contributed by atoms with van der Waals surface area (Å²) in [6.45, 7) is 4.41. The van der Waals surface area contributed by atoms with Crippen LogP contribution in [0.2, 0.25) is 0 Å². The Labute approximate surface area is 404 Å². The maximum atomic E-state index is 13.4. The van der Waals surface area contributed by atoms with Crippen LogP contribution in [0.5, 0.6) is 0 Å². The molecule has 0 saturated carbocycles. The van der Waals surface area contributed by atoms with Crippen LogP contribution in [0.1, 0.15) is 117 Å².